The van der Waals surface area contributed by atoms with Crippen molar-refractivity contribution in [3.05, 3.63) is 66.0 Å². The molecule has 2 N–H and O–H groups in total. The Kier molecular flexibility index (Phi) is 6.95. The number of halogens is 2. The summed E-state index contributed by atoms with van der Waals surface area (Å²) in [4.78, 5) is 29.3. The summed E-state index contributed by atoms with van der Waals surface area (Å²) in [5.74, 6) is -0.459. The molecule has 1 spiro atoms. The van der Waals surface area contributed by atoms with E-state index in [2.05, 4.69) is 20.4 Å². The van der Waals surface area contributed by atoms with E-state index in [4.69, 9.17) is 0 Å². The molecular formula is C22H26ClFN4O2. The van der Waals surface area contributed by atoms with Crippen LogP contribution in [-0.2, 0) is 4.79 Å². The number of anilines is 1. The molecule has 2 aromatic rings. The van der Waals surface area contributed by atoms with Crippen molar-refractivity contribution in [3.63, 3.8) is 0 Å². The van der Waals surface area contributed by atoms with Crippen molar-refractivity contribution in [3.8, 4) is 0 Å². The highest BCUT2D eigenvalue weighted by Gasteiger charge is 2.50. The Morgan fingerprint density at radius 3 is 2.40 bits per heavy atom. The van der Waals surface area contributed by atoms with E-state index in [1.807, 2.05) is 30.3 Å². The van der Waals surface area contributed by atoms with Crippen LogP contribution in [0.15, 0.2) is 54.6 Å². The third-order valence-corrected chi connectivity index (χ3v) is 5.91. The lowest BCUT2D eigenvalue weighted by atomic mass is 9.85. The summed E-state index contributed by atoms with van der Waals surface area (Å²) in [6, 6.07) is 15.6. The minimum Gasteiger partial charge on any atom is -0.351 e. The normalized spacial score (nSPS) is 18.0. The monoisotopic (exact) mass is 432 g/mol. The molecule has 0 atom stereocenters. The van der Waals surface area contributed by atoms with Gasteiger partial charge in [0.25, 0.3) is 5.91 Å². The number of carbonyl (C=O) groups is 2. The highest BCUT2D eigenvalue weighted by atomic mass is 35.5. The van der Waals surface area contributed by atoms with E-state index in [0.717, 1.165) is 38.2 Å². The minimum atomic E-state index is -0.491. The summed E-state index contributed by atoms with van der Waals surface area (Å²) in [5.41, 5.74) is 1.02. The van der Waals surface area contributed by atoms with Crippen molar-refractivity contribution < 1.29 is 14.0 Å². The molecule has 0 saturated carbocycles. The van der Waals surface area contributed by atoms with Gasteiger partial charge < -0.3 is 20.4 Å². The molecule has 2 saturated heterocycles. The molecule has 0 radical (unpaired) electrons. The second kappa shape index (κ2) is 9.45. The zero-order chi connectivity index (χ0) is 20.3. The molecule has 2 aliphatic heterocycles. The molecule has 2 fully saturated rings. The van der Waals surface area contributed by atoms with Crippen LogP contribution in [-0.4, -0.2) is 55.1 Å². The molecule has 2 aliphatic rings. The summed E-state index contributed by atoms with van der Waals surface area (Å²) in [6.45, 7) is 3.36. The topological polar surface area (TPSA) is 64.7 Å². The fourth-order valence-electron chi connectivity index (χ4n) is 4.21. The smallest absolute Gasteiger partial charge is 0.251 e. The molecule has 0 aliphatic carbocycles. The van der Waals surface area contributed by atoms with Crippen molar-refractivity contribution in [1.29, 1.82) is 0 Å². The summed E-state index contributed by atoms with van der Waals surface area (Å²) >= 11 is 0. The van der Waals surface area contributed by atoms with Crippen molar-refractivity contribution in [1.82, 2.24) is 15.5 Å². The number of amides is 2. The number of nitrogens with one attached hydrogen (secondary N) is 2. The fraction of sp³-hybridized carbons (Fsp3) is 0.364. The van der Waals surface area contributed by atoms with Gasteiger partial charge in [-0.1, -0.05) is 18.2 Å². The van der Waals surface area contributed by atoms with Crippen LogP contribution >= 0.6 is 12.4 Å². The van der Waals surface area contributed by atoms with Gasteiger partial charge in [-0.3, -0.25) is 9.59 Å². The maximum Gasteiger partial charge on any atom is 0.251 e. The summed E-state index contributed by atoms with van der Waals surface area (Å²) in [5, 5.41) is 5.89. The van der Waals surface area contributed by atoms with E-state index in [9.17, 15) is 14.0 Å². The summed E-state index contributed by atoms with van der Waals surface area (Å²) < 4.78 is 13.0. The first-order valence-corrected chi connectivity index (χ1v) is 9.96. The molecule has 0 aromatic heterocycles. The van der Waals surface area contributed by atoms with E-state index < -0.39 is 5.54 Å². The van der Waals surface area contributed by atoms with E-state index >= 15 is 0 Å². The number of hydrogen-bond acceptors (Lipinski definition) is 4. The van der Waals surface area contributed by atoms with Crippen LogP contribution in [0.5, 0.6) is 0 Å². The lowest BCUT2D eigenvalue weighted by Crippen LogP contribution is -2.57. The Hall–Kier alpha value is -2.64. The molecule has 2 amide bonds. The maximum absolute atomic E-state index is 13.0. The number of nitrogens with zero attached hydrogens (tertiary/aromatic N) is 2. The molecule has 2 heterocycles. The fourth-order valence-corrected chi connectivity index (χ4v) is 4.21. The Morgan fingerprint density at radius 2 is 1.73 bits per heavy atom. The van der Waals surface area contributed by atoms with Gasteiger partial charge in [0.05, 0.1) is 6.67 Å². The molecule has 0 bridgehead atoms. The van der Waals surface area contributed by atoms with Gasteiger partial charge in [0.2, 0.25) is 5.91 Å². The van der Waals surface area contributed by atoms with Crippen LogP contribution in [0.3, 0.4) is 0 Å². The number of carbonyl (C=O) groups excluding carboxylic acids is 2. The predicted molar refractivity (Wildman–Crippen MR) is 116 cm³/mol. The lowest BCUT2D eigenvalue weighted by Gasteiger charge is -2.43. The van der Waals surface area contributed by atoms with Gasteiger partial charge in [-0.25, -0.2) is 4.39 Å². The van der Waals surface area contributed by atoms with Crippen LogP contribution in [0.2, 0.25) is 0 Å². The Bertz CT molecular complexity index is 870. The van der Waals surface area contributed by atoms with Crippen LogP contribution < -0.4 is 15.5 Å². The van der Waals surface area contributed by atoms with Crippen molar-refractivity contribution in [2.75, 3.05) is 37.7 Å². The Labute approximate surface area is 181 Å². The number of hydrogen-bond donors (Lipinski definition) is 2. The molecular weight excluding hydrogens is 407 g/mol. The quantitative estimate of drug-likeness (QED) is 0.761. The number of likely N-dealkylation sites (tertiary alicyclic amines) is 1. The molecule has 160 valence electrons. The first-order chi connectivity index (χ1) is 14.1. The lowest BCUT2D eigenvalue weighted by molar-refractivity contribution is -0.125. The molecule has 6 nitrogen and oxygen atoms in total. The van der Waals surface area contributed by atoms with E-state index in [1.165, 1.54) is 24.3 Å². The van der Waals surface area contributed by atoms with Crippen molar-refractivity contribution in [2.24, 2.45) is 0 Å². The van der Waals surface area contributed by atoms with Gasteiger partial charge in [-0.15, -0.1) is 12.4 Å². The SMILES string of the molecule is Cl.O=C(NCCN1CCC2(CC1)C(=O)NCN2c1ccccc1)c1ccc(F)cc1. The molecule has 30 heavy (non-hydrogen) atoms. The highest BCUT2D eigenvalue weighted by Crippen LogP contribution is 2.35. The second-order valence-corrected chi connectivity index (χ2v) is 7.56. The van der Waals surface area contributed by atoms with E-state index in [-0.39, 0.29) is 30.0 Å². The predicted octanol–water partition coefficient (Wildman–Crippen LogP) is 2.41. The van der Waals surface area contributed by atoms with Crippen molar-refractivity contribution >= 4 is 29.9 Å². The zero-order valence-corrected chi connectivity index (χ0v) is 17.5. The Balaban J connectivity index is 0.00000256. The van der Waals surface area contributed by atoms with Gasteiger partial charge in [0.1, 0.15) is 11.4 Å². The Morgan fingerprint density at radius 1 is 1.07 bits per heavy atom. The number of benzene rings is 2. The average molecular weight is 433 g/mol. The number of rotatable bonds is 5. The summed E-state index contributed by atoms with van der Waals surface area (Å²) in [6.07, 6.45) is 1.50. The number of piperidine rings is 1. The van der Waals surface area contributed by atoms with Crippen LogP contribution in [0.4, 0.5) is 10.1 Å². The number of para-hydroxylation sites is 1. The second-order valence-electron chi connectivity index (χ2n) is 7.56. The highest BCUT2D eigenvalue weighted by molar-refractivity contribution is 5.94. The first-order valence-electron chi connectivity index (χ1n) is 9.96. The van der Waals surface area contributed by atoms with Gasteiger partial charge in [-0.05, 0) is 49.2 Å². The first kappa shape index (κ1) is 22.1. The zero-order valence-electron chi connectivity index (χ0n) is 16.6. The molecule has 8 heteroatoms. The largest absolute Gasteiger partial charge is 0.351 e. The maximum atomic E-state index is 13.0. The molecule has 0 unspecified atom stereocenters. The minimum absolute atomic E-state index is 0. The van der Waals surface area contributed by atoms with Gasteiger partial charge in [0.15, 0.2) is 0 Å². The van der Waals surface area contributed by atoms with Gasteiger partial charge in [-0.2, -0.15) is 0 Å². The third-order valence-electron chi connectivity index (χ3n) is 5.91. The average Bonchev–Trinajstić information content (AvgIpc) is 3.06. The van der Waals surface area contributed by atoms with Crippen molar-refractivity contribution in [2.45, 2.75) is 18.4 Å². The van der Waals surface area contributed by atoms with Gasteiger partial charge in [0, 0.05) is 37.4 Å². The molecule has 2 aromatic carbocycles. The van der Waals surface area contributed by atoms with E-state index in [1.54, 1.807) is 0 Å². The van der Waals surface area contributed by atoms with Crippen LogP contribution in [0, 0.1) is 5.82 Å². The van der Waals surface area contributed by atoms with E-state index in [0.29, 0.717) is 18.8 Å². The summed E-state index contributed by atoms with van der Waals surface area (Å²) in [7, 11) is 0. The van der Waals surface area contributed by atoms with Gasteiger partial charge >= 0.3 is 0 Å². The van der Waals surface area contributed by atoms with Crippen LogP contribution in [0.1, 0.15) is 23.2 Å². The van der Waals surface area contributed by atoms with Crippen LogP contribution in [0.25, 0.3) is 0 Å². The standard InChI is InChI=1S/C22H25FN4O2.ClH/c23-18-8-6-17(7-9-18)20(28)24-12-15-26-13-10-22(11-14-26)21(29)25-16-27(22)19-4-2-1-3-5-19;/h1-9H,10-16H2,(H,24,28)(H,25,29);1H. The third kappa shape index (κ3) is 4.42. The molecule has 4 rings (SSSR count).